The molecular weight excluding hydrogens is 240 g/mol. The fourth-order valence-corrected chi connectivity index (χ4v) is 1.00. The predicted octanol–water partition coefficient (Wildman–Crippen LogP) is 2.95. The van der Waals surface area contributed by atoms with Crippen LogP contribution in [0.5, 0.6) is 0 Å². The second-order valence-electron chi connectivity index (χ2n) is 2.92. The first-order chi connectivity index (χ1) is 8.67. The molecule has 1 aromatic rings. The van der Waals surface area contributed by atoms with Crippen molar-refractivity contribution in [3.63, 3.8) is 0 Å². The highest BCUT2D eigenvalue weighted by Gasteiger charge is 2.06. The summed E-state index contributed by atoms with van der Waals surface area (Å²) in [5.74, 6) is -1.61. The highest BCUT2D eigenvalue weighted by atomic mass is 19.2. The Morgan fingerprint density at radius 2 is 1.72 bits per heavy atom. The topological polar surface area (TPSA) is 30.5 Å². The van der Waals surface area contributed by atoms with Crippen molar-refractivity contribution in [1.29, 1.82) is 0 Å². The van der Waals surface area contributed by atoms with Gasteiger partial charge in [-0.25, -0.2) is 14.3 Å². The van der Waals surface area contributed by atoms with E-state index in [4.69, 9.17) is 4.84 Å². The molecule has 0 saturated heterocycles. The third-order valence-corrected chi connectivity index (χ3v) is 1.65. The molecule has 1 aromatic carbocycles. The molecule has 0 aliphatic carbocycles. The van der Waals surface area contributed by atoms with Gasteiger partial charge in [0.2, 0.25) is 0 Å². The molecule has 0 bridgehead atoms. The number of halogens is 2. The highest BCUT2D eigenvalue weighted by Crippen LogP contribution is 2.11. The lowest BCUT2D eigenvalue weighted by Crippen LogP contribution is -2.10. The minimum Gasteiger partial charge on any atom is -0.388 e. The number of hydrogen-bond acceptors (Lipinski definition) is 3. The van der Waals surface area contributed by atoms with Crippen LogP contribution in [-0.4, -0.2) is 27.9 Å². The Morgan fingerprint density at radius 1 is 1.17 bits per heavy atom. The third-order valence-electron chi connectivity index (χ3n) is 1.65. The molecule has 0 aliphatic heterocycles. The number of benzene rings is 1. The normalized spacial score (nSPS) is 8.83. The zero-order valence-corrected chi connectivity index (χ0v) is 11.7. The number of hydrogen-bond donors (Lipinski definition) is 1. The molecule has 0 aliphatic rings. The Morgan fingerprint density at radius 3 is 2.22 bits per heavy atom. The van der Waals surface area contributed by atoms with Crippen molar-refractivity contribution >= 4 is 0 Å². The summed E-state index contributed by atoms with van der Waals surface area (Å²) in [4.78, 5) is 4.79. The summed E-state index contributed by atoms with van der Waals surface area (Å²) >= 11 is 0. The van der Waals surface area contributed by atoms with Gasteiger partial charge in [-0.2, -0.15) is 0 Å². The van der Waals surface area contributed by atoms with Crippen molar-refractivity contribution in [3.8, 4) is 0 Å². The molecule has 0 fully saturated rings. The maximum Gasteiger partial charge on any atom is 0.162 e. The molecular formula is C13H23F2NO2. The van der Waals surface area contributed by atoms with Gasteiger partial charge in [0.1, 0.15) is 0 Å². The number of rotatable bonds is 4. The summed E-state index contributed by atoms with van der Waals surface area (Å²) in [6.45, 7) is 4.32. The largest absolute Gasteiger partial charge is 0.388 e. The SMILES string of the molecule is CC.CNOCCc1cccc(F)c1F.COC. The van der Waals surface area contributed by atoms with E-state index in [-0.39, 0.29) is 0 Å². The van der Waals surface area contributed by atoms with E-state index in [2.05, 4.69) is 10.2 Å². The van der Waals surface area contributed by atoms with Gasteiger partial charge in [-0.05, 0) is 11.6 Å². The van der Waals surface area contributed by atoms with E-state index in [1.165, 1.54) is 12.1 Å². The predicted molar refractivity (Wildman–Crippen MR) is 69.4 cm³/mol. The van der Waals surface area contributed by atoms with Crippen LogP contribution in [0.1, 0.15) is 19.4 Å². The molecule has 5 heteroatoms. The van der Waals surface area contributed by atoms with Crippen LogP contribution in [0.25, 0.3) is 0 Å². The maximum atomic E-state index is 13.0. The monoisotopic (exact) mass is 263 g/mol. The van der Waals surface area contributed by atoms with Crippen LogP contribution in [0.15, 0.2) is 18.2 Å². The molecule has 0 aromatic heterocycles. The summed E-state index contributed by atoms with van der Waals surface area (Å²) < 4.78 is 29.9. The van der Waals surface area contributed by atoms with Crippen molar-refractivity contribution in [1.82, 2.24) is 5.48 Å². The van der Waals surface area contributed by atoms with Crippen molar-refractivity contribution in [2.24, 2.45) is 0 Å². The molecule has 18 heavy (non-hydrogen) atoms. The van der Waals surface area contributed by atoms with E-state index < -0.39 is 11.6 Å². The molecule has 0 atom stereocenters. The van der Waals surface area contributed by atoms with E-state index in [1.54, 1.807) is 21.3 Å². The van der Waals surface area contributed by atoms with Gasteiger partial charge in [-0.3, -0.25) is 0 Å². The minimum absolute atomic E-state index is 0.316. The van der Waals surface area contributed by atoms with Crippen LogP contribution in [0.3, 0.4) is 0 Å². The molecule has 0 unspecified atom stereocenters. The Labute approximate surface area is 108 Å². The van der Waals surface area contributed by atoms with Crippen LogP contribution >= 0.6 is 0 Å². The van der Waals surface area contributed by atoms with E-state index in [0.717, 1.165) is 6.07 Å². The average molecular weight is 263 g/mol. The lowest BCUT2D eigenvalue weighted by atomic mass is 10.1. The molecule has 0 radical (unpaired) electrons. The molecule has 0 heterocycles. The fraction of sp³-hybridized carbons (Fsp3) is 0.538. The summed E-state index contributed by atoms with van der Waals surface area (Å²) in [6.07, 6.45) is 0.352. The standard InChI is InChI=1S/C9H11F2NO.C2H6O.C2H6/c1-12-13-6-5-7-3-2-4-8(10)9(7)11;1-3-2;1-2/h2-4,12H,5-6H2,1H3;1-2H3;1-2H3. The number of nitrogens with one attached hydrogen (secondary N) is 1. The first kappa shape index (κ1) is 19.3. The number of ether oxygens (including phenoxy) is 1. The van der Waals surface area contributed by atoms with E-state index in [0.29, 0.717) is 18.6 Å². The number of methoxy groups -OCH3 is 1. The Hall–Kier alpha value is -1.04. The molecule has 0 spiro atoms. The van der Waals surface area contributed by atoms with Crippen LogP contribution in [0.2, 0.25) is 0 Å². The molecule has 1 rings (SSSR count). The highest BCUT2D eigenvalue weighted by molar-refractivity contribution is 5.18. The van der Waals surface area contributed by atoms with Gasteiger partial charge in [-0.15, -0.1) is 0 Å². The van der Waals surface area contributed by atoms with Gasteiger partial charge in [-0.1, -0.05) is 26.0 Å². The second kappa shape index (κ2) is 14.0. The maximum absolute atomic E-state index is 13.0. The lowest BCUT2D eigenvalue weighted by Gasteiger charge is -2.03. The van der Waals surface area contributed by atoms with Gasteiger partial charge >= 0.3 is 0 Å². The summed E-state index contributed by atoms with van der Waals surface area (Å²) in [6, 6.07) is 4.11. The van der Waals surface area contributed by atoms with Gasteiger partial charge < -0.3 is 9.57 Å². The molecule has 0 saturated carbocycles. The van der Waals surface area contributed by atoms with Crippen LogP contribution < -0.4 is 5.48 Å². The average Bonchev–Trinajstić information content (AvgIpc) is 2.38. The van der Waals surface area contributed by atoms with Crippen molar-refractivity contribution < 1.29 is 18.4 Å². The van der Waals surface area contributed by atoms with Crippen LogP contribution in [0.4, 0.5) is 8.78 Å². The molecule has 3 nitrogen and oxygen atoms in total. The quantitative estimate of drug-likeness (QED) is 0.669. The smallest absolute Gasteiger partial charge is 0.162 e. The van der Waals surface area contributed by atoms with Gasteiger partial charge in [0.15, 0.2) is 11.6 Å². The van der Waals surface area contributed by atoms with Crippen molar-refractivity contribution in [3.05, 3.63) is 35.4 Å². The minimum atomic E-state index is -0.818. The first-order valence-corrected chi connectivity index (χ1v) is 5.78. The Bertz CT molecular complexity index is 296. The van der Waals surface area contributed by atoms with E-state index in [9.17, 15) is 8.78 Å². The fourth-order valence-electron chi connectivity index (χ4n) is 1.00. The van der Waals surface area contributed by atoms with Crippen molar-refractivity contribution in [2.75, 3.05) is 27.9 Å². The number of hydroxylamine groups is 1. The second-order valence-corrected chi connectivity index (χ2v) is 2.92. The third kappa shape index (κ3) is 9.04. The zero-order chi connectivity index (χ0) is 14.4. The van der Waals surface area contributed by atoms with Gasteiger partial charge in [0.05, 0.1) is 6.61 Å². The first-order valence-electron chi connectivity index (χ1n) is 5.78. The van der Waals surface area contributed by atoms with E-state index >= 15 is 0 Å². The van der Waals surface area contributed by atoms with Gasteiger partial charge in [0.25, 0.3) is 0 Å². The molecule has 1 N–H and O–H groups in total. The lowest BCUT2D eigenvalue weighted by molar-refractivity contribution is 0.0599. The van der Waals surface area contributed by atoms with Crippen molar-refractivity contribution in [2.45, 2.75) is 20.3 Å². The summed E-state index contributed by atoms with van der Waals surface area (Å²) in [5.41, 5.74) is 2.78. The summed E-state index contributed by atoms with van der Waals surface area (Å²) in [7, 11) is 4.86. The van der Waals surface area contributed by atoms with Gasteiger partial charge in [0, 0.05) is 27.7 Å². The molecule has 0 amide bonds. The molecule has 106 valence electrons. The summed E-state index contributed by atoms with van der Waals surface area (Å²) in [5, 5.41) is 0. The van der Waals surface area contributed by atoms with Crippen LogP contribution in [0, 0.1) is 11.6 Å². The zero-order valence-electron chi connectivity index (χ0n) is 11.7. The Kier molecular flexibility index (Phi) is 15.0. The Balaban J connectivity index is 0. The van der Waals surface area contributed by atoms with Crippen LogP contribution in [-0.2, 0) is 16.0 Å². The van der Waals surface area contributed by atoms with E-state index in [1.807, 2.05) is 13.8 Å².